The van der Waals surface area contributed by atoms with Crippen LogP contribution in [0, 0.1) is 0 Å². The summed E-state index contributed by atoms with van der Waals surface area (Å²) in [6, 6.07) is 10.3. The molecular weight excluding hydrogens is 254 g/mol. The molecule has 2 atom stereocenters. The molecule has 0 bridgehead atoms. The average Bonchev–Trinajstić information content (AvgIpc) is 2.45. The first kappa shape index (κ1) is 14.6. The Kier molecular flexibility index (Phi) is 5.46. The molecular formula is C16H23NOS. The minimum absolute atomic E-state index is 0.265. The van der Waals surface area contributed by atoms with Crippen molar-refractivity contribution in [2.45, 2.75) is 38.0 Å². The molecule has 19 heavy (non-hydrogen) atoms. The minimum Gasteiger partial charge on any atom is -0.298 e. The van der Waals surface area contributed by atoms with Gasteiger partial charge in [-0.1, -0.05) is 44.2 Å². The smallest absolute Gasteiger partial charge is 0.164 e. The van der Waals surface area contributed by atoms with Crippen LogP contribution in [0.25, 0.3) is 0 Å². The van der Waals surface area contributed by atoms with E-state index in [1.54, 1.807) is 0 Å². The van der Waals surface area contributed by atoms with Crippen LogP contribution in [0.15, 0.2) is 30.3 Å². The van der Waals surface area contributed by atoms with Crippen molar-refractivity contribution in [1.82, 2.24) is 4.90 Å². The monoisotopic (exact) mass is 277 g/mol. The van der Waals surface area contributed by atoms with Gasteiger partial charge >= 0.3 is 0 Å². The van der Waals surface area contributed by atoms with E-state index in [4.69, 9.17) is 0 Å². The van der Waals surface area contributed by atoms with Crippen molar-refractivity contribution in [2.75, 3.05) is 18.8 Å². The molecule has 1 aliphatic heterocycles. The third-order valence-electron chi connectivity index (χ3n) is 3.91. The highest BCUT2D eigenvalue weighted by atomic mass is 32.2. The number of benzene rings is 1. The number of hydrogen-bond donors (Lipinski definition) is 0. The second-order valence-corrected chi connectivity index (χ2v) is 6.61. The van der Waals surface area contributed by atoms with Gasteiger partial charge in [-0.3, -0.25) is 9.69 Å². The van der Waals surface area contributed by atoms with Crippen LogP contribution in [0.3, 0.4) is 0 Å². The zero-order chi connectivity index (χ0) is 13.7. The van der Waals surface area contributed by atoms with Gasteiger partial charge < -0.3 is 0 Å². The molecule has 1 aliphatic rings. The summed E-state index contributed by atoms with van der Waals surface area (Å²) >= 11 is 2.06. The Bertz CT molecular complexity index is 406. The van der Waals surface area contributed by atoms with E-state index in [0.29, 0.717) is 17.7 Å². The minimum atomic E-state index is 0.265. The van der Waals surface area contributed by atoms with Crippen LogP contribution in [0.4, 0.5) is 0 Å². The molecule has 1 aromatic carbocycles. The van der Waals surface area contributed by atoms with E-state index in [9.17, 15) is 4.79 Å². The molecule has 0 amide bonds. The molecule has 3 heteroatoms. The summed E-state index contributed by atoms with van der Waals surface area (Å²) in [7, 11) is 0. The quantitative estimate of drug-likeness (QED) is 0.769. The maximum atomic E-state index is 12.1. The Hall–Kier alpha value is -0.800. The van der Waals surface area contributed by atoms with Gasteiger partial charge in [0.05, 0.1) is 0 Å². The van der Waals surface area contributed by atoms with E-state index in [2.05, 4.69) is 30.5 Å². The number of rotatable bonds is 5. The largest absolute Gasteiger partial charge is 0.298 e. The first-order chi connectivity index (χ1) is 9.22. The number of ketones is 1. The zero-order valence-electron chi connectivity index (χ0n) is 11.8. The molecule has 104 valence electrons. The maximum absolute atomic E-state index is 12.1. The number of carbonyl (C=O) groups excluding carboxylic acids is 1. The molecule has 1 aromatic rings. The predicted molar refractivity (Wildman–Crippen MR) is 83.0 cm³/mol. The molecule has 0 spiro atoms. The molecule has 2 rings (SSSR count). The van der Waals surface area contributed by atoms with E-state index in [1.165, 1.54) is 12.2 Å². The molecule has 1 fully saturated rings. The van der Waals surface area contributed by atoms with E-state index in [1.807, 2.05) is 30.3 Å². The lowest BCUT2D eigenvalue weighted by Gasteiger charge is -2.39. The molecule has 1 heterocycles. The fourth-order valence-electron chi connectivity index (χ4n) is 2.81. The van der Waals surface area contributed by atoms with Crippen LogP contribution in [-0.2, 0) is 0 Å². The van der Waals surface area contributed by atoms with Crippen molar-refractivity contribution in [2.24, 2.45) is 0 Å². The van der Waals surface area contributed by atoms with E-state index < -0.39 is 0 Å². The van der Waals surface area contributed by atoms with Crippen molar-refractivity contribution in [3.63, 3.8) is 0 Å². The third kappa shape index (κ3) is 3.83. The van der Waals surface area contributed by atoms with E-state index in [-0.39, 0.29) is 5.78 Å². The number of thioether (sulfide) groups is 1. The molecule has 2 nitrogen and oxygen atoms in total. The summed E-state index contributed by atoms with van der Waals surface area (Å²) in [6.07, 6.45) is 1.81. The molecule has 0 radical (unpaired) electrons. The van der Waals surface area contributed by atoms with Crippen molar-refractivity contribution < 1.29 is 4.79 Å². The first-order valence-corrected chi connectivity index (χ1v) is 8.21. The van der Waals surface area contributed by atoms with Crippen molar-refractivity contribution in [1.29, 1.82) is 0 Å². The molecule has 0 aromatic heterocycles. The van der Waals surface area contributed by atoms with Gasteiger partial charge in [-0.05, 0) is 6.42 Å². The predicted octanol–water partition coefficient (Wildman–Crippen LogP) is 3.48. The Morgan fingerprint density at radius 3 is 2.79 bits per heavy atom. The number of carbonyl (C=O) groups is 1. The maximum Gasteiger partial charge on any atom is 0.164 e. The summed E-state index contributed by atoms with van der Waals surface area (Å²) in [6.45, 7) is 6.58. The summed E-state index contributed by atoms with van der Waals surface area (Å²) < 4.78 is 0. The fraction of sp³-hybridized carbons (Fsp3) is 0.562. The van der Waals surface area contributed by atoms with Gasteiger partial charge in [-0.15, -0.1) is 0 Å². The standard InChI is InChI=1S/C16H23NOS/c1-3-15-13(2)19-12-11-17(15)10-9-16(18)14-7-5-4-6-8-14/h4-8,13,15H,3,9-12H2,1-2H3. The van der Waals surface area contributed by atoms with Gasteiger partial charge in [0, 0.05) is 42.1 Å². The van der Waals surface area contributed by atoms with Gasteiger partial charge in [0.2, 0.25) is 0 Å². The van der Waals surface area contributed by atoms with E-state index in [0.717, 1.165) is 18.7 Å². The van der Waals surface area contributed by atoms with Crippen molar-refractivity contribution >= 4 is 17.5 Å². The Morgan fingerprint density at radius 2 is 2.11 bits per heavy atom. The lowest BCUT2D eigenvalue weighted by molar-refractivity contribution is 0.0949. The normalized spacial score (nSPS) is 24.3. The van der Waals surface area contributed by atoms with E-state index >= 15 is 0 Å². The fourth-order valence-corrected chi connectivity index (χ4v) is 4.11. The number of nitrogens with zero attached hydrogens (tertiary/aromatic N) is 1. The third-order valence-corrected chi connectivity index (χ3v) is 5.17. The Labute approximate surface area is 120 Å². The lowest BCUT2D eigenvalue weighted by Crippen LogP contribution is -2.46. The van der Waals surface area contributed by atoms with Crippen LogP contribution in [-0.4, -0.2) is 40.8 Å². The van der Waals surface area contributed by atoms with Crippen molar-refractivity contribution in [3.8, 4) is 0 Å². The van der Waals surface area contributed by atoms with Crippen LogP contribution in [0.2, 0.25) is 0 Å². The van der Waals surface area contributed by atoms with Crippen LogP contribution < -0.4 is 0 Å². The molecule has 2 unspecified atom stereocenters. The summed E-state index contributed by atoms with van der Waals surface area (Å²) in [5.74, 6) is 1.46. The van der Waals surface area contributed by atoms with Gasteiger partial charge in [0.25, 0.3) is 0 Å². The van der Waals surface area contributed by atoms with Crippen molar-refractivity contribution in [3.05, 3.63) is 35.9 Å². The Morgan fingerprint density at radius 1 is 1.37 bits per heavy atom. The summed E-state index contributed by atoms with van der Waals surface area (Å²) in [4.78, 5) is 14.6. The molecule has 0 aliphatic carbocycles. The van der Waals surface area contributed by atoms with Gasteiger partial charge in [-0.25, -0.2) is 0 Å². The zero-order valence-corrected chi connectivity index (χ0v) is 12.7. The average molecular weight is 277 g/mol. The van der Waals surface area contributed by atoms with Crippen LogP contribution in [0.1, 0.15) is 37.0 Å². The van der Waals surface area contributed by atoms with Crippen LogP contribution >= 0.6 is 11.8 Å². The topological polar surface area (TPSA) is 20.3 Å². The second-order valence-electron chi connectivity index (χ2n) is 5.13. The summed E-state index contributed by atoms with van der Waals surface area (Å²) in [5, 5.41) is 0.686. The second kappa shape index (κ2) is 7.11. The highest BCUT2D eigenvalue weighted by Gasteiger charge is 2.27. The molecule has 1 saturated heterocycles. The molecule has 0 N–H and O–H groups in total. The molecule has 0 saturated carbocycles. The highest BCUT2D eigenvalue weighted by molar-refractivity contribution is 8.00. The lowest BCUT2D eigenvalue weighted by atomic mass is 10.1. The Balaban J connectivity index is 1.89. The first-order valence-electron chi connectivity index (χ1n) is 7.16. The van der Waals surface area contributed by atoms with Gasteiger partial charge in [0.15, 0.2) is 5.78 Å². The SMILES string of the molecule is CCC1C(C)SCCN1CCC(=O)c1ccccc1. The summed E-state index contributed by atoms with van der Waals surface area (Å²) in [5.41, 5.74) is 0.843. The van der Waals surface area contributed by atoms with Crippen LogP contribution in [0.5, 0.6) is 0 Å². The highest BCUT2D eigenvalue weighted by Crippen LogP contribution is 2.26. The van der Waals surface area contributed by atoms with Gasteiger partial charge in [0.1, 0.15) is 0 Å². The number of hydrogen-bond acceptors (Lipinski definition) is 3. The van der Waals surface area contributed by atoms with Gasteiger partial charge in [-0.2, -0.15) is 11.8 Å². The number of Topliss-reactive ketones (excluding diaryl/α,β-unsaturated/α-hetero) is 1.